The second-order valence-corrected chi connectivity index (χ2v) is 8.48. The summed E-state index contributed by atoms with van der Waals surface area (Å²) in [6.45, 7) is 6.89. The highest BCUT2D eigenvalue weighted by Gasteiger charge is 2.39. The highest BCUT2D eigenvalue weighted by molar-refractivity contribution is 5.96. The molecule has 2 aromatic rings. The van der Waals surface area contributed by atoms with E-state index in [0.29, 0.717) is 13.0 Å². The zero-order valence-electron chi connectivity index (χ0n) is 16.1. The van der Waals surface area contributed by atoms with Crippen LogP contribution in [0.5, 0.6) is 0 Å². The van der Waals surface area contributed by atoms with Gasteiger partial charge in [-0.25, -0.2) is 0 Å². The van der Waals surface area contributed by atoms with Gasteiger partial charge in [0, 0.05) is 18.5 Å². The Hall–Kier alpha value is -2.50. The van der Waals surface area contributed by atoms with Crippen molar-refractivity contribution < 1.29 is 18.4 Å². The van der Waals surface area contributed by atoms with Crippen LogP contribution in [0.3, 0.4) is 0 Å². The highest BCUT2D eigenvalue weighted by atomic mass is 16.3. The third kappa shape index (κ3) is 3.40. The molecule has 6 nitrogen and oxygen atoms in total. The number of nitrogens with zero attached hydrogens (tertiary/aromatic N) is 1. The van der Waals surface area contributed by atoms with Crippen LogP contribution in [-0.4, -0.2) is 29.3 Å². The Morgan fingerprint density at radius 2 is 2.15 bits per heavy atom. The number of aryl methyl sites for hydroxylation is 1. The molecule has 1 aliphatic heterocycles. The largest absolute Gasteiger partial charge is 0.466 e. The zero-order valence-corrected chi connectivity index (χ0v) is 16.1. The van der Waals surface area contributed by atoms with Gasteiger partial charge in [0.1, 0.15) is 17.6 Å². The van der Waals surface area contributed by atoms with Crippen molar-refractivity contribution in [1.29, 1.82) is 0 Å². The summed E-state index contributed by atoms with van der Waals surface area (Å²) in [5, 5.41) is 3.19. The Kier molecular flexibility index (Phi) is 4.36. The molecule has 2 atom stereocenters. The molecule has 0 bridgehead atoms. The monoisotopic (exact) mass is 370 g/mol. The standard InChI is InChI=1S/C21H26N2O4/c1-13-10-14-15(11-21(2,3)12-18(14)27-13)22-19(24)16-6-4-8-23(16)20(25)17-7-5-9-26-17/h5,7,9-10,15-16H,4,6,8,11-12H2,1-3H3,(H,22,24). The number of rotatable bonds is 3. The van der Waals surface area contributed by atoms with Crippen LogP contribution in [0.4, 0.5) is 0 Å². The number of amides is 2. The van der Waals surface area contributed by atoms with E-state index in [0.717, 1.165) is 36.3 Å². The van der Waals surface area contributed by atoms with Gasteiger partial charge in [-0.2, -0.15) is 0 Å². The molecule has 0 spiro atoms. The number of hydrogen-bond acceptors (Lipinski definition) is 4. The van der Waals surface area contributed by atoms with Gasteiger partial charge in [-0.3, -0.25) is 9.59 Å². The summed E-state index contributed by atoms with van der Waals surface area (Å²) in [6.07, 6.45) is 4.69. The lowest BCUT2D eigenvalue weighted by Crippen LogP contribution is -2.48. The minimum atomic E-state index is -0.455. The average Bonchev–Trinajstić information content (AvgIpc) is 3.33. The first kappa shape index (κ1) is 17.9. The number of carbonyl (C=O) groups excluding carboxylic acids is 2. The number of furan rings is 2. The minimum absolute atomic E-state index is 0.0502. The lowest BCUT2D eigenvalue weighted by atomic mass is 9.74. The molecule has 1 saturated heterocycles. The lowest BCUT2D eigenvalue weighted by Gasteiger charge is -2.35. The minimum Gasteiger partial charge on any atom is -0.466 e. The smallest absolute Gasteiger partial charge is 0.290 e. The highest BCUT2D eigenvalue weighted by Crippen LogP contribution is 2.42. The maximum atomic E-state index is 13.1. The molecular formula is C21H26N2O4. The fourth-order valence-electron chi connectivity index (χ4n) is 4.41. The molecule has 1 N–H and O–H groups in total. The first-order valence-corrected chi connectivity index (χ1v) is 9.58. The molecule has 1 aliphatic carbocycles. The van der Waals surface area contributed by atoms with Crippen LogP contribution in [0.25, 0.3) is 0 Å². The molecule has 3 heterocycles. The van der Waals surface area contributed by atoms with Gasteiger partial charge in [0.15, 0.2) is 5.76 Å². The SMILES string of the molecule is Cc1cc2c(o1)CC(C)(C)CC2NC(=O)C1CCCN1C(=O)c1ccco1. The fourth-order valence-corrected chi connectivity index (χ4v) is 4.41. The van der Waals surface area contributed by atoms with Crippen LogP contribution in [0.15, 0.2) is 33.3 Å². The Balaban J connectivity index is 1.52. The van der Waals surface area contributed by atoms with Crippen LogP contribution < -0.4 is 5.32 Å². The van der Waals surface area contributed by atoms with E-state index >= 15 is 0 Å². The summed E-state index contributed by atoms with van der Waals surface area (Å²) < 4.78 is 11.1. The molecule has 2 unspecified atom stereocenters. The quantitative estimate of drug-likeness (QED) is 0.895. The Bertz CT molecular complexity index is 850. The number of carbonyl (C=O) groups is 2. The van der Waals surface area contributed by atoms with Crippen molar-refractivity contribution in [2.45, 2.75) is 58.5 Å². The van der Waals surface area contributed by atoms with Gasteiger partial charge < -0.3 is 19.1 Å². The maximum absolute atomic E-state index is 13.1. The first-order valence-electron chi connectivity index (χ1n) is 9.58. The third-order valence-electron chi connectivity index (χ3n) is 5.60. The Morgan fingerprint density at radius 1 is 1.33 bits per heavy atom. The van der Waals surface area contributed by atoms with E-state index in [1.165, 1.54) is 6.26 Å². The van der Waals surface area contributed by atoms with Crippen LogP contribution in [0, 0.1) is 12.3 Å². The second kappa shape index (κ2) is 6.59. The summed E-state index contributed by atoms with van der Waals surface area (Å²) in [7, 11) is 0. The molecule has 0 radical (unpaired) electrons. The van der Waals surface area contributed by atoms with Crippen molar-refractivity contribution in [2.24, 2.45) is 5.41 Å². The summed E-state index contributed by atoms with van der Waals surface area (Å²) >= 11 is 0. The average molecular weight is 370 g/mol. The van der Waals surface area contributed by atoms with E-state index in [2.05, 4.69) is 19.2 Å². The van der Waals surface area contributed by atoms with E-state index in [-0.39, 0.29) is 29.0 Å². The fraction of sp³-hybridized carbons (Fsp3) is 0.524. The lowest BCUT2D eigenvalue weighted by molar-refractivity contribution is -0.125. The topological polar surface area (TPSA) is 75.7 Å². The maximum Gasteiger partial charge on any atom is 0.290 e. The summed E-state index contributed by atoms with van der Waals surface area (Å²) in [5.41, 5.74) is 1.12. The van der Waals surface area contributed by atoms with E-state index in [9.17, 15) is 9.59 Å². The van der Waals surface area contributed by atoms with Crippen molar-refractivity contribution in [3.8, 4) is 0 Å². The van der Waals surface area contributed by atoms with Gasteiger partial charge in [-0.15, -0.1) is 0 Å². The predicted octanol–water partition coefficient (Wildman–Crippen LogP) is 3.62. The molecule has 0 saturated carbocycles. The number of hydrogen-bond donors (Lipinski definition) is 1. The molecule has 1 fully saturated rings. The van der Waals surface area contributed by atoms with Gasteiger partial charge >= 0.3 is 0 Å². The van der Waals surface area contributed by atoms with Gasteiger partial charge in [0.05, 0.1) is 12.3 Å². The van der Waals surface area contributed by atoms with Crippen molar-refractivity contribution in [3.05, 3.63) is 47.3 Å². The summed E-state index contributed by atoms with van der Waals surface area (Å²) in [5.74, 6) is 1.79. The molecule has 144 valence electrons. The third-order valence-corrected chi connectivity index (χ3v) is 5.60. The molecule has 4 rings (SSSR count). The van der Waals surface area contributed by atoms with Crippen molar-refractivity contribution >= 4 is 11.8 Å². The van der Waals surface area contributed by atoms with E-state index in [4.69, 9.17) is 8.83 Å². The molecular weight excluding hydrogens is 344 g/mol. The molecule has 2 aromatic heterocycles. The first-order chi connectivity index (χ1) is 12.8. The van der Waals surface area contributed by atoms with Crippen LogP contribution in [-0.2, 0) is 11.2 Å². The van der Waals surface area contributed by atoms with Gasteiger partial charge in [0.25, 0.3) is 5.91 Å². The molecule has 27 heavy (non-hydrogen) atoms. The van der Waals surface area contributed by atoms with Crippen molar-refractivity contribution in [2.75, 3.05) is 6.54 Å². The molecule has 2 aliphatic rings. The van der Waals surface area contributed by atoms with Gasteiger partial charge in [-0.1, -0.05) is 13.8 Å². The number of fused-ring (bicyclic) bond motifs is 1. The van der Waals surface area contributed by atoms with E-state index in [1.54, 1.807) is 17.0 Å². The van der Waals surface area contributed by atoms with Gasteiger partial charge in [-0.05, 0) is 49.8 Å². The van der Waals surface area contributed by atoms with Crippen LogP contribution >= 0.6 is 0 Å². The van der Waals surface area contributed by atoms with Crippen LogP contribution in [0.2, 0.25) is 0 Å². The normalized spacial score (nSPS) is 23.9. The summed E-state index contributed by atoms with van der Waals surface area (Å²) in [6, 6.07) is 4.81. The Morgan fingerprint density at radius 3 is 2.89 bits per heavy atom. The van der Waals surface area contributed by atoms with Gasteiger partial charge in [0.2, 0.25) is 5.91 Å². The van der Waals surface area contributed by atoms with Crippen molar-refractivity contribution in [3.63, 3.8) is 0 Å². The van der Waals surface area contributed by atoms with E-state index in [1.807, 2.05) is 13.0 Å². The number of nitrogens with one attached hydrogen (secondary N) is 1. The molecule has 6 heteroatoms. The number of likely N-dealkylation sites (tertiary alicyclic amines) is 1. The summed E-state index contributed by atoms with van der Waals surface area (Å²) in [4.78, 5) is 27.3. The molecule has 2 amide bonds. The molecule has 0 aromatic carbocycles. The van der Waals surface area contributed by atoms with E-state index < -0.39 is 6.04 Å². The second-order valence-electron chi connectivity index (χ2n) is 8.48. The predicted molar refractivity (Wildman–Crippen MR) is 99.2 cm³/mol. The van der Waals surface area contributed by atoms with Crippen molar-refractivity contribution in [1.82, 2.24) is 10.2 Å². The van der Waals surface area contributed by atoms with Crippen LogP contribution in [0.1, 0.15) is 66.8 Å². The Labute approximate surface area is 158 Å². The zero-order chi connectivity index (χ0) is 19.2.